The van der Waals surface area contributed by atoms with E-state index in [0.717, 1.165) is 15.6 Å². The summed E-state index contributed by atoms with van der Waals surface area (Å²) < 4.78 is 12.4. The van der Waals surface area contributed by atoms with Crippen LogP contribution in [0.4, 0.5) is 0 Å². The van der Waals surface area contributed by atoms with E-state index in [-0.39, 0.29) is 18.1 Å². The molecule has 0 fully saturated rings. The van der Waals surface area contributed by atoms with Crippen molar-refractivity contribution < 1.29 is 19.1 Å². The van der Waals surface area contributed by atoms with Gasteiger partial charge in [-0.3, -0.25) is 4.79 Å². The van der Waals surface area contributed by atoms with E-state index in [4.69, 9.17) is 9.47 Å². The van der Waals surface area contributed by atoms with Crippen LogP contribution in [-0.2, 0) is 11.2 Å². The molecule has 0 heterocycles. The van der Waals surface area contributed by atoms with E-state index in [0.29, 0.717) is 21.3 Å². The number of rotatable bonds is 7. The van der Waals surface area contributed by atoms with Gasteiger partial charge < -0.3 is 9.47 Å². The van der Waals surface area contributed by atoms with Gasteiger partial charge in [-0.05, 0) is 70.4 Å². The smallest absolute Gasteiger partial charge is 0.343 e. The van der Waals surface area contributed by atoms with Crippen molar-refractivity contribution in [2.45, 2.75) is 13.3 Å². The third kappa shape index (κ3) is 6.51. The van der Waals surface area contributed by atoms with Gasteiger partial charge in [0.25, 0.3) is 0 Å². The molecule has 0 aliphatic carbocycles. The maximum atomic E-state index is 12.5. The first kappa shape index (κ1) is 23.7. The summed E-state index contributed by atoms with van der Waals surface area (Å²) in [6, 6.07) is 18.0. The maximum absolute atomic E-state index is 12.5. The molecule has 3 rings (SSSR count). The normalized spacial score (nSPS) is 10.8. The lowest BCUT2D eigenvalue weighted by molar-refractivity contribution is -0.120. The van der Waals surface area contributed by atoms with Gasteiger partial charge in [0.05, 0.1) is 29.8 Å². The van der Waals surface area contributed by atoms with Crippen LogP contribution in [-0.4, -0.2) is 25.2 Å². The Morgan fingerprint density at radius 2 is 1.72 bits per heavy atom. The quantitative estimate of drug-likeness (QED) is 0.181. The van der Waals surface area contributed by atoms with E-state index in [1.807, 2.05) is 43.3 Å². The molecule has 0 bridgehead atoms. The summed E-state index contributed by atoms with van der Waals surface area (Å²) in [7, 11) is 1.48. The molecule has 0 saturated heterocycles. The number of nitrogens with zero attached hydrogens (tertiary/aromatic N) is 1. The van der Waals surface area contributed by atoms with E-state index in [1.165, 1.54) is 13.3 Å². The van der Waals surface area contributed by atoms with Gasteiger partial charge in [0.2, 0.25) is 5.91 Å². The molecular formula is C24H20Br2N2O4. The standard InChI is InChI=1S/C24H20Br2N2O4/c1-15-3-7-18(8-4-15)24(30)32-23-20(26)11-17(12-21(23)31-2)14-27-28-22(29)13-16-5-9-19(25)10-6-16/h3-12,14H,13H2,1-2H3,(H,28,29). The third-order valence-electron chi connectivity index (χ3n) is 4.41. The predicted molar refractivity (Wildman–Crippen MR) is 130 cm³/mol. The van der Waals surface area contributed by atoms with E-state index >= 15 is 0 Å². The largest absolute Gasteiger partial charge is 0.493 e. The minimum absolute atomic E-state index is 0.214. The molecule has 0 atom stereocenters. The van der Waals surface area contributed by atoms with Crippen LogP contribution in [0.5, 0.6) is 11.5 Å². The van der Waals surface area contributed by atoms with Crippen LogP contribution in [0.15, 0.2) is 74.7 Å². The Morgan fingerprint density at radius 3 is 2.38 bits per heavy atom. The second-order valence-corrected chi connectivity index (χ2v) is 8.66. The minimum atomic E-state index is -0.495. The maximum Gasteiger partial charge on any atom is 0.343 e. The van der Waals surface area contributed by atoms with Crippen LogP contribution < -0.4 is 14.9 Å². The minimum Gasteiger partial charge on any atom is -0.493 e. The molecule has 1 amide bonds. The number of halogens is 2. The summed E-state index contributed by atoms with van der Waals surface area (Å²) in [6.45, 7) is 1.94. The molecule has 8 heteroatoms. The Balaban J connectivity index is 1.67. The van der Waals surface area contributed by atoms with Crippen molar-refractivity contribution >= 4 is 50.0 Å². The van der Waals surface area contributed by atoms with Crippen molar-refractivity contribution in [1.29, 1.82) is 0 Å². The molecule has 32 heavy (non-hydrogen) atoms. The number of carbonyl (C=O) groups is 2. The fourth-order valence-corrected chi connectivity index (χ4v) is 3.57. The number of nitrogens with one attached hydrogen (secondary N) is 1. The Morgan fingerprint density at radius 1 is 1.03 bits per heavy atom. The lowest BCUT2D eigenvalue weighted by Gasteiger charge is -2.12. The molecule has 0 aliphatic heterocycles. The number of aryl methyl sites for hydroxylation is 1. The van der Waals surface area contributed by atoms with Crippen LogP contribution in [0.2, 0.25) is 0 Å². The van der Waals surface area contributed by atoms with E-state index in [2.05, 4.69) is 42.4 Å². The van der Waals surface area contributed by atoms with Gasteiger partial charge in [-0.1, -0.05) is 45.8 Å². The zero-order valence-corrected chi connectivity index (χ0v) is 20.6. The monoisotopic (exact) mass is 558 g/mol. The predicted octanol–water partition coefficient (Wildman–Crippen LogP) is 5.44. The van der Waals surface area contributed by atoms with Crippen molar-refractivity contribution in [3.8, 4) is 11.5 Å². The Hall–Kier alpha value is -2.97. The molecule has 0 aromatic heterocycles. The number of benzene rings is 3. The molecule has 0 aliphatic rings. The number of carbonyl (C=O) groups excluding carboxylic acids is 2. The molecule has 0 spiro atoms. The first-order valence-corrected chi connectivity index (χ1v) is 11.2. The highest BCUT2D eigenvalue weighted by Gasteiger charge is 2.16. The molecule has 164 valence electrons. The SMILES string of the molecule is COc1cc(C=NNC(=O)Cc2ccc(Br)cc2)cc(Br)c1OC(=O)c1ccc(C)cc1. The van der Waals surface area contributed by atoms with E-state index < -0.39 is 5.97 Å². The molecule has 1 N–H and O–H groups in total. The number of esters is 1. The van der Waals surface area contributed by atoms with Crippen molar-refractivity contribution in [1.82, 2.24) is 5.43 Å². The van der Waals surface area contributed by atoms with Gasteiger partial charge in [0, 0.05) is 4.47 Å². The van der Waals surface area contributed by atoms with Gasteiger partial charge in [-0.15, -0.1) is 0 Å². The summed E-state index contributed by atoms with van der Waals surface area (Å²) in [4.78, 5) is 24.6. The summed E-state index contributed by atoms with van der Waals surface area (Å²) in [6.07, 6.45) is 1.70. The molecule has 6 nitrogen and oxygen atoms in total. The summed E-state index contributed by atoms with van der Waals surface area (Å²) in [5.74, 6) is -0.124. The molecule has 0 saturated carbocycles. The molecule has 3 aromatic rings. The highest BCUT2D eigenvalue weighted by Crippen LogP contribution is 2.36. The second kappa shape index (κ2) is 11.1. The molecule has 3 aromatic carbocycles. The summed E-state index contributed by atoms with van der Waals surface area (Å²) >= 11 is 6.78. The zero-order valence-electron chi connectivity index (χ0n) is 17.4. The van der Waals surface area contributed by atoms with E-state index in [1.54, 1.807) is 24.3 Å². The Bertz CT molecular complexity index is 1140. The number of ether oxygens (including phenoxy) is 2. The van der Waals surface area contributed by atoms with Crippen LogP contribution in [0.1, 0.15) is 27.0 Å². The molecule has 0 unspecified atom stereocenters. The Kier molecular flexibility index (Phi) is 8.19. The van der Waals surface area contributed by atoms with Crippen LogP contribution in [0, 0.1) is 6.92 Å². The highest BCUT2D eigenvalue weighted by atomic mass is 79.9. The van der Waals surface area contributed by atoms with Gasteiger partial charge in [-0.25, -0.2) is 10.2 Å². The average molecular weight is 560 g/mol. The fourth-order valence-electron chi connectivity index (χ4n) is 2.76. The van der Waals surface area contributed by atoms with Crippen molar-refractivity contribution in [3.63, 3.8) is 0 Å². The first-order chi connectivity index (χ1) is 15.4. The Labute approximate surface area is 202 Å². The number of hydrazone groups is 1. The fraction of sp³-hybridized carbons (Fsp3) is 0.125. The van der Waals surface area contributed by atoms with Crippen LogP contribution in [0.25, 0.3) is 0 Å². The number of methoxy groups -OCH3 is 1. The molecular weight excluding hydrogens is 540 g/mol. The van der Waals surface area contributed by atoms with Crippen molar-refractivity contribution in [2.24, 2.45) is 5.10 Å². The summed E-state index contributed by atoms with van der Waals surface area (Å²) in [5, 5.41) is 4.00. The van der Waals surface area contributed by atoms with Crippen LogP contribution >= 0.6 is 31.9 Å². The van der Waals surface area contributed by atoms with Gasteiger partial charge in [0.1, 0.15) is 0 Å². The topological polar surface area (TPSA) is 77.0 Å². The van der Waals surface area contributed by atoms with Gasteiger partial charge in [0.15, 0.2) is 11.5 Å². The van der Waals surface area contributed by atoms with E-state index in [9.17, 15) is 9.59 Å². The summed E-state index contributed by atoms with van der Waals surface area (Å²) in [5.41, 5.74) is 5.51. The average Bonchev–Trinajstić information content (AvgIpc) is 2.77. The number of amides is 1. The highest BCUT2D eigenvalue weighted by molar-refractivity contribution is 9.10. The first-order valence-electron chi connectivity index (χ1n) is 9.58. The van der Waals surface area contributed by atoms with Gasteiger partial charge in [-0.2, -0.15) is 5.10 Å². The van der Waals surface area contributed by atoms with Crippen molar-refractivity contribution in [2.75, 3.05) is 7.11 Å². The lowest BCUT2D eigenvalue weighted by atomic mass is 10.1. The number of hydrogen-bond donors (Lipinski definition) is 1. The third-order valence-corrected chi connectivity index (χ3v) is 5.53. The van der Waals surface area contributed by atoms with Crippen LogP contribution in [0.3, 0.4) is 0 Å². The number of hydrogen-bond acceptors (Lipinski definition) is 5. The second-order valence-electron chi connectivity index (χ2n) is 6.89. The lowest BCUT2D eigenvalue weighted by Crippen LogP contribution is -2.19. The molecule has 0 radical (unpaired) electrons. The zero-order chi connectivity index (χ0) is 23.1. The van der Waals surface area contributed by atoms with Crippen molar-refractivity contribution in [3.05, 3.63) is 91.9 Å². The van der Waals surface area contributed by atoms with Gasteiger partial charge >= 0.3 is 5.97 Å².